The summed E-state index contributed by atoms with van der Waals surface area (Å²) in [6.45, 7) is 4.92. The first-order valence-corrected chi connectivity index (χ1v) is 4.25. The zero-order valence-electron chi connectivity index (χ0n) is 7.79. The van der Waals surface area contributed by atoms with Crippen molar-refractivity contribution in [1.82, 2.24) is 4.98 Å². The molecule has 0 spiro atoms. The second-order valence-corrected chi connectivity index (χ2v) is 3.35. The van der Waals surface area contributed by atoms with E-state index in [1.807, 2.05) is 0 Å². The second-order valence-electron chi connectivity index (χ2n) is 3.35. The Labute approximate surface area is 77.0 Å². The van der Waals surface area contributed by atoms with Gasteiger partial charge in [0, 0.05) is 12.7 Å². The molecule has 0 bridgehead atoms. The Morgan fingerprint density at radius 1 is 1.69 bits per heavy atom. The first kappa shape index (κ1) is 9.64. The molecule has 0 atom stereocenters. The summed E-state index contributed by atoms with van der Waals surface area (Å²) in [4.78, 5) is 13.3. The highest BCUT2D eigenvalue weighted by molar-refractivity contribution is 5.92. The lowest BCUT2D eigenvalue weighted by atomic mass is 10.2. The summed E-state index contributed by atoms with van der Waals surface area (Å²) in [5.74, 6) is -0.437. The highest BCUT2D eigenvalue weighted by atomic mass is 16.4. The number of H-pyrrole nitrogens is 1. The van der Waals surface area contributed by atoms with Gasteiger partial charge in [-0.3, -0.25) is 0 Å². The van der Waals surface area contributed by atoms with Crippen molar-refractivity contribution in [3.63, 3.8) is 0 Å². The van der Waals surface area contributed by atoms with Crippen LogP contribution in [0.5, 0.6) is 0 Å². The molecule has 3 N–H and O–H groups in total. The van der Waals surface area contributed by atoms with Gasteiger partial charge in [0.2, 0.25) is 0 Å². The molecule has 4 nitrogen and oxygen atoms in total. The number of nitrogens with one attached hydrogen (secondary N) is 2. The topological polar surface area (TPSA) is 65.1 Å². The lowest BCUT2D eigenvalue weighted by Crippen LogP contribution is -2.10. The van der Waals surface area contributed by atoms with Gasteiger partial charge in [0.05, 0.1) is 5.69 Å². The Bertz CT molecular complexity index is 292. The monoisotopic (exact) mass is 182 g/mol. The van der Waals surface area contributed by atoms with Crippen LogP contribution >= 0.6 is 0 Å². The van der Waals surface area contributed by atoms with Crippen LogP contribution in [0.25, 0.3) is 0 Å². The molecule has 1 aromatic heterocycles. The molecule has 4 heteroatoms. The molecule has 0 unspecified atom stereocenters. The molecule has 0 fully saturated rings. The molecule has 1 rings (SSSR count). The van der Waals surface area contributed by atoms with Crippen LogP contribution in [-0.4, -0.2) is 22.6 Å². The summed E-state index contributed by atoms with van der Waals surface area (Å²) in [5.41, 5.74) is 0.877. The Balaban J connectivity index is 2.65. The maximum Gasteiger partial charge on any atom is 0.354 e. The third kappa shape index (κ3) is 2.50. The van der Waals surface area contributed by atoms with E-state index in [0.717, 1.165) is 6.54 Å². The minimum Gasteiger partial charge on any atom is -0.477 e. The van der Waals surface area contributed by atoms with Crippen LogP contribution in [0.1, 0.15) is 24.3 Å². The minimum absolute atomic E-state index is 0.223. The van der Waals surface area contributed by atoms with Crippen molar-refractivity contribution in [3.05, 3.63) is 18.0 Å². The number of aromatic carboxylic acids is 1. The first-order valence-electron chi connectivity index (χ1n) is 4.25. The molecule has 0 radical (unpaired) electrons. The van der Waals surface area contributed by atoms with E-state index >= 15 is 0 Å². The van der Waals surface area contributed by atoms with E-state index in [-0.39, 0.29) is 5.69 Å². The molecule has 0 saturated carbocycles. The fraction of sp³-hybridized carbons (Fsp3) is 0.444. The van der Waals surface area contributed by atoms with Gasteiger partial charge in [0.15, 0.2) is 0 Å². The number of hydrogen-bond donors (Lipinski definition) is 3. The maximum absolute atomic E-state index is 10.7. The third-order valence-electron chi connectivity index (χ3n) is 1.66. The van der Waals surface area contributed by atoms with Crippen molar-refractivity contribution in [2.24, 2.45) is 5.92 Å². The van der Waals surface area contributed by atoms with Gasteiger partial charge in [-0.1, -0.05) is 13.8 Å². The van der Waals surface area contributed by atoms with E-state index in [2.05, 4.69) is 24.1 Å². The number of hydrogen-bond acceptors (Lipinski definition) is 2. The standard InChI is InChI=1S/C9H14N2O2/c1-6(2)5-11-7-3-4-10-8(7)9(12)13/h3-4,6,10-11H,5H2,1-2H3,(H,12,13). The smallest absolute Gasteiger partial charge is 0.354 e. The number of anilines is 1. The Kier molecular flexibility index (Phi) is 2.95. The van der Waals surface area contributed by atoms with Gasteiger partial charge in [-0.15, -0.1) is 0 Å². The average molecular weight is 182 g/mol. The zero-order chi connectivity index (χ0) is 9.84. The summed E-state index contributed by atoms with van der Waals surface area (Å²) in [5, 5.41) is 11.8. The van der Waals surface area contributed by atoms with Crippen molar-refractivity contribution in [2.45, 2.75) is 13.8 Å². The summed E-state index contributed by atoms with van der Waals surface area (Å²) in [6.07, 6.45) is 1.62. The van der Waals surface area contributed by atoms with E-state index in [0.29, 0.717) is 11.6 Å². The molecule has 0 saturated heterocycles. The molecular weight excluding hydrogens is 168 g/mol. The summed E-state index contributed by atoms with van der Waals surface area (Å²) in [7, 11) is 0. The van der Waals surface area contributed by atoms with Crippen LogP contribution in [0.2, 0.25) is 0 Å². The van der Waals surface area contributed by atoms with E-state index in [9.17, 15) is 4.79 Å². The van der Waals surface area contributed by atoms with Crippen molar-refractivity contribution in [3.8, 4) is 0 Å². The Morgan fingerprint density at radius 3 is 2.92 bits per heavy atom. The molecule has 72 valence electrons. The molecule has 0 aliphatic rings. The molecule has 0 aromatic carbocycles. The molecule has 0 aliphatic carbocycles. The van der Waals surface area contributed by atoms with Gasteiger partial charge in [0.1, 0.15) is 5.69 Å². The predicted molar refractivity (Wildman–Crippen MR) is 51.1 cm³/mol. The van der Waals surface area contributed by atoms with E-state index in [1.54, 1.807) is 12.3 Å². The summed E-state index contributed by atoms with van der Waals surface area (Å²) < 4.78 is 0. The van der Waals surface area contributed by atoms with Crippen molar-refractivity contribution >= 4 is 11.7 Å². The van der Waals surface area contributed by atoms with Crippen LogP contribution in [0.15, 0.2) is 12.3 Å². The lowest BCUT2D eigenvalue weighted by Gasteiger charge is -2.07. The fourth-order valence-electron chi connectivity index (χ4n) is 1.01. The van der Waals surface area contributed by atoms with Gasteiger partial charge >= 0.3 is 5.97 Å². The normalized spacial score (nSPS) is 10.4. The van der Waals surface area contributed by atoms with Crippen molar-refractivity contribution < 1.29 is 9.90 Å². The zero-order valence-corrected chi connectivity index (χ0v) is 7.79. The molecule has 0 aliphatic heterocycles. The maximum atomic E-state index is 10.7. The Morgan fingerprint density at radius 2 is 2.38 bits per heavy atom. The molecule has 13 heavy (non-hydrogen) atoms. The average Bonchev–Trinajstić information content (AvgIpc) is 2.47. The number of aromatic nitrogens is 1. The molecule has 1 aromatic rings. The van der Waals surface area contributed by atoms with Gasteiger partial charge in [-0.05, 0) is 12.0 Å². The summed E-state index contributed by atoms with van der Waals surface area (Å²) >= 11 is 0. The number of aromatic amines is 1. The third-order valence-corrected chi connectivity index (χ3v) is 1.66. The van der Waals surface area contributed by atoms with Gasteiger partial charge in [-0.25, -0.2) is 4.79 Å². The largest absolute Gasteiger partial charge is 0.477 e. The molecule has 0 amide bonds. The van der Waals surface area contributed by atoms with E-state index in [4.69, 9.17) is 5.11 Å². The SMILES string of the molecule is CC(C)CNc1cc[nH]c1C(=O)O. The van der Waals surface area contributed by atoms with Crippen LogP contribution in [0.4, 0.5) is 5.69 Å². The van der Waals surface area contributed by atoms with Gasteiger partial charge < -0.3 is 15.4 Å². The highest BCUT2D eigenvalue weighted by Crippen LogP contribution is 2.13. The first-order chi connectivity index (χ1) is 6.11. The van der Waals surface area contributed by atoms with Crippen LogP contribution in [0.3, 0.4) is 0 Å². The minimum atomic E-state index is -0.934. The predicted octanol–water partition coefficient (Wildman–Crippen LogP) is 1.78. The number of rotatable bonds is 4. The fourth-order valence-corrected chi connectivity index (χ4v) is 1.01. The Hall–Kier alpha value is -1.45. The van der Waals surface area contributed by atoms with Crippen LogP contribution in [0, 0.1) is 5.92 Å². The van der Waals surface area contributed by atoms with E-state index in [1.165, 1.54) is 0 Å². The molecular formula is C9H14N2O2. The quantitative estimate of drug-likeness (QED) is 0.665. The van der Waals surface area contributed by atoms with Crippen LogP contribution in [-0.2, 0) is 0 Å². The van der Waals surface area contributed by atoms with Gasteiger partial charge in [-0.2, -0.15) is 0 Å². The number of carbonyl (C=O) groups is 1. The lowest BCUT2D eigenvalue weighted by molar-refractivity contribution is 0.0692. The van der Waals surface area contributed by atoms with Crippen molar-refractivity contribution in [2.75, 3.05) is 11.9 Å². The second kappa shape index (κ2) is 3.98. The van der Waals surface area contributed by atoms with Gasteiger partial charge in [0.25, 0.3) is 0 Å². The number of carboxylic acids is 1. The van der Waals surface area contributed by atoms with Crippen LogP contribution < -0.4 is 5.32 Å². The van der Waals surface area contributed by atoms with E-state index < -0.39 is 5.97 Å². The van der Waals surface area contributed by atoms with Crippen molar-refractivity contribution in [1.29, 1.82) is 0 Å². The molecule has 1 heterocycles. The highest BCUT2D eigenvalue weighted by Gasteiger charge is 2.10. The summed E-state index contributed by atoms with van der Waals surface area (Å²) in [6, 6.07) is 1.73. The number of carboxylic acid groups (broad SMARTS) is 1.